The summed E-state index contributed by atoms with van der Waals surface area (Å²) >= 11 is 1.43. The van der Waals surface area contributed by atoms with Crippen molar-refractivity contribution >= 4 is 28.8 Å². The molecule has 1 N–H and O–H groups in total. The van der Waals surface area contributed by atoms with Gasteiger partial charge in [-0.15, -0.1) is 11.3 Å². The molecule has 0 spiro atoms. The molecule has 6 heteroatoms. The van der Waals surface area contributed by atoms with Crippen LogP contribution in [0.5, 0.6) is 0 Å². The third-order valence-electron chi connectivity index (χ3n) is 4.20. The second-order valence-electron chi connectivity index (χ2n) is 5.91. The molecule has 138 valence electrons. The molecular weight excluding hydrogens is 358 g/mol. The molecule has 3 aromatic rings. The lowest BCUT2D eigenvalue weighted by Crippen LogP contribution is -2.30. The van der Waals surface area contributed by atoms with Crippen molar-refractivity contribution in [2.45, 2.75) is 13.8 Å². The number of anilines is 1. The molecule has 0 saturated carbocycles. The molecule has 0 aliphatic rings. The van der Waals surface area contributed by atoms with Crippen LogP contribution in [0.1, 0.15) is 34.7 Å². The molecule has 5 nitrogen and oxygen atoms in total. The molecular formula is C21H21N3O2S. The number of carbonyl (C=O) groups excluding carboxylic acids is 2. The maximum absolute atomic E-state index is 12.4. The molecule has 0 fully saturated rings. The molecule has 2 amide bonds. The lowest BCUT2D eigenvalue weighted by molar-refractivity contribution is 0.0773. The normalized spacial score (nSPS) is 10.4. The van der Waals surface area contributed by atoms with Crippen LogP contribution in [0.15, 0.2) is 60.0 Å². The molecule has 0 bridgehead atoms. The van der Waals surface area contributed by atoms with Gasteiger partial charge in [-0.2, -0.15) is 0 Å². The number of benzene rings is 2. The fourth-order valence-electron chi connectivity index (χ4n) is 2.68. The molecule has 0 aliphatic heterocycles. The van der Waals surface area contributed by atoms with Crippen molar-refractivity contribution in [3.05, 3.63) is 71.2 Å². The van der Waals surface area contributed by atoms with Crippen LogP contribution >= 0.6 is 11.3 Å². The predicted octanol–water partition coefficient (Wildman–Crippen LogP) is 4.54. The standard InChI is InChI=1S/C21H21N3O2S/c1-3-24(4-2)21(26)16-10-12-17(13-11-16)22-19(25)18-14-27-20(23-18)15-8-6-5-7-9-15/h5-14H,3-4H2,1-2H3,(H,22,25). The van der Waals surface area contributed by atoms with Crippen molar-refractivity contribution in [1.82, 2.24) is 9.88 Å². The van der Waals surface area contributed by atoms with Gasteiger partial charge in [0, 0.05) is 35.3 Å². The van der Waals surface area contributed by atoms with Crippen LogP contribution in [-0.2, 0) is 0 Å². The molecule has 0 radical (unpaired) electrons. The van der Waals surface area contributed by atoms with Crippen molar-refractivity contribution in [2.75, 3.05) is 18.4 Å². The van der Waals surface area contributed by atoms with E-state index in [0.717, 1.165) is 10.6 Å². The molecule has 0 aliphatic carbocycles. The smallest absolute Gasteiger partial charge is 0.275 e. The Balaban J connectivity index is 1.68. The molecule has 3 rings (SSSR count). The summed E-state index contributed by atoms with van der Waals surface area (Å²) in [7, 11) is 0. The summed E-state index contributed by atoms with van der Waals surface area (Å²) < 4.78 is 0. The van der Waals surface area contributed by atoms with E-state index in [1.807, 2.05) is 44.2 Å². The fraction of sp³-hybridized carbons (Fsp3) is 0.190. The summed E-state index contributed by atoms with van der Waals surface area (Å²) in [6, 6.07) is 16.7. The van der Waals surface area contributed by atoms with Gasteiger partial charge in [-0.1, -0.05) is 30.3 Å². The van der Waals surface area contributed by atoms with Crippen molar-refractivity contribution in [3.8, 4) is 10.6 Å². The largest absolute Gasteiger partial charge is 0.339 e. The van der Waals surface area contributed by atoms with Gasteiger partial charge in [0.15, 0.2) is 0 Å². The fourth-order valence-corrected chi connectivity index (χ4v) is 3.48. The lowest BCUT2D eigenvalue weighted by Gasteiger charge is -2.18. The number of amides is 2. The van der Waals surface area contributed by atoms with Gasteiger partial charge >= 0.3 is 0 Å². The van der Waals surface area contributed by atoms with Gasteiger partial charge in [0.2, 0.25) is 0 Å². The number of aromatic nitrogens is 1. The number of nitrogens with zero attached hydrogens (tertiary/aromatic N) is 2. The first kappa shape index (κ1) is 18.8. The summed E-state index contributed by atoms with van der Waals surface area (Å²) in [5, 5.41) is 5.38. The summed E-state index contributed by atoms with van der Waals surface area (Å²) in [6.07, 6.45) is 0. The zero-order chi connectivity index (χ0) is 19.2. The van der Waals surface area contributed by atoms with Gasteiger partial charge < -0.3 is 10.2 Å². The van der Waals surface area contributed by atoms with Crippen LogP contribution in [0.2, 0.25) is 0 Å². The van der Waals surface area contributed by atoms with E-state index >= 15 is 0 Å². The SMILES string of the molecule is CCN(CC)C(=O)c1ccc(NC(=O)c2csc(-c3ccccc3)n2)cc1. The minimum atomic E-state index is -0.267. The molecule has 0 atom stereocenters. The molecule has 2 aromatic carbocycles. The van der Waals surface area contributed by atoms with E-state index in [9.17, 15) is 9.59 Å². The van der Waals surface area contributed by atoms with Crippen LogP contribution in [0.4, 0.5) is 5.69 Å². The van der Waals surface area contributed by atoms with Gasteiger partial charge in [-0.05, 0) is 38.1 Å². The highest BCUT2D eigenvalue weighted by Gasteiger charge is 2.14. The average Bonchev–Trinajstić information content (AvgIpc) is 3.20. The molecule has 0 unspecified atom stereocenters. The zero-order valence-corrected chi connectivity index (χ0v) is 16.1. The van der Waals surface area contributed by atoms with Gasteiger partial charge in [0.05, 0.1) is 0 Å². The average molecular weight is 379 g/mol. The highest BCUT2D eigenvalue weighted by atomic mass is 32.1. The molecule has 1 aromatic heterocycles. The molecule has 27 heavy (non-hydrogen) atoms. The predicted molar refractivity (Wildman–Crippen MR) is 109 cm³/mol. The van der Waals surface area contributed by atoms with E-state index in [1.54, 1.807) is 34.5 Å². The van der Waals surface area contributed by atoms with Crippen molar-refractivity contribution < 1.29 is 9.59 Å². The van der Waals surface area contributed by atoms with Crippen molar-refractivity contribution in [1.29, 1.82) is 0 Å². The maximum Gasteiger partial charge on any atom is 0.275 e. The maximum atomic E-state index is 12.4. The van der Waals surface area contributed by atoms with Crippen molar-refractivity contribution in [3.63, 3.8) is 0 Å². The van der Waals surface area contributed by atoms with Gasteiger partial charge in [0.1, 0.15) is 10.7 Å². The quantitative estimate of drug-likeness (QED) is 0.684. The van der Waals surface area contributed by atoms with E-state index in [4.69, 9.17) is 0 Å². The van der Waals surface area contributed by atoms with E-state index in [-0.39, 0.29) is 11.8 Å². The highest BCUT2D eigenvalue weighted by Crippen LogP contribution is 2.23. The summed E-state index contributed by atoms with van der Waals surface area (Å²) in [5.74, 6) is -0.277. The Morgan fingerprint density at radius 3 is 2.30 bits per heavy atom. The van der Waals surface area contributed by atoms with Gasteiger partial charge in [0.25, 0.3) is 11.8 Å². The van der Waals surface area contributed by atoms with Crippen LogP contribution in [0.25, 0.3) is 10.6 Å². The Bertz CT molecular complexity index is 916. The number of hydrogen-bond acceptors (Lipinski definition) is 4. The molecule has 0 saturated heterocycles. The third kappa shape index (κ3) is 4.41. The first-order valence-electron chi connectivity index (χ1n) is 8.84. The second kappa shape index (κ2) is 8.60. The van der Waals surface area contributed by atoms with Crippen LogP contribution in [0, 0.1) is 0 Å². The number of hydrogen-bond donors (Lipinski definition) is 1. The summed E-state index contributed by atoms with van der Waals surface area (Å²) in [6.45, 7) is 5.24. The Hall–Kier alpha value is -2.99. The van der Waals surface area contributed by atoms with Gasteiger partial charge in [-0.25, -0.2) is 4.98 Å². The van der Waals surface area contributed by atoms with E-state index in [1.165, 1.54) is 11.3 Å². The van der Waals surface area contributed by atoms with Crippen LogP contribution < -0.4 is 5.32 Å². The Morgan fingerprint density at radius 2 is 1.67 bits per heavy atom. The zero-order valence-electron chi connectivity index (χ0n) is 15.3. The van der Waals surface area contributed by atoms with E-state index in [0.29, 0.717) is 30.0 Å². The summed E-state index contributed by atoms with van der Waals surface area (Å²) in [4.78, 5) is 30.9. The Morgan fingerprint density at radius 1 is 1.00 bits per heavy atom. The first-order valence-corrected chi connectivity index (χ1v) is 9.72. The van der Waals surface area contributed by atoms with Crippen molar-refractivity contribution in [2.24, 2.45) is 0 Å². The minimum Gasteiger partial charge on any atom is -0.339 e. The number of rotatable bonds is 6. The number of nitrogens with one attached hydrogen (secondary N) is 1. The Kier molecular flexibility index (Phi) is 5.98. The van der Waals surface area contributed by atoms with Crippen LogP contribution in [0.3, 0.4) is 0 Å². The van der Waals surface area contributed by atoms with E-state index in [2.05, 4.69) is 10.3 Å². The minimum absolute atomic E-state index is 0.00937. The summed E-state index contributed by atoms with van der Waals surface area (Å²) in [5.41, 5.74) is 2.60. The second-order valence-corrected chi connectivity index (χ2v) is 6.77. The van der Waals surface area contributed by atoms with Crippen LogP contribution in [-0.4, -0.2) is 34.8 Å². The third-order valence-corrected chi connectivity index (χ3v) is 5.09. The monoisotopic (exact) mass is 379 g/mol. The Labute approximate surface area is 162 Å². The first-order chi connectivity index (χ1) is 13.1. The lowest BCUT2D eigenvalue weighted by atomic mass is 10.1. The van der Waals surface area contributed by atoms with Gasteiger partial charge in [-0.3, -0.25) is 9.59 Å². The highest BCUT2D eigenvalue weighted by molar-refractivity contribution is 7.13. The number of thiazole rings is 1. The number of carbonyl (C=O) groups is 2. The molecule has 1 heterocycles. The topological polar surface area (TPSA) is 62.3 Å². The van der Waals surface area contributed by atoms with E-state index < -0.39 is 0 Å².